The van der Waals surface area contributed by atoms with E-state index in [9.17, 15) is 0 Å². The third kappa shape index (κ3) is 6.23. The molecule has 0 radical (unpaired) electrons. The van der Waals surface area contributed by atoms with Gasteiger partial charge < -0.3 is 10.6 Å². The molecule has 0 amide bonds. The molecule has 0 saturated heterocycles. The Morgan fingerprint density at radius 3 is 2.56 bits per heavy atom. The standard InChI is InChI=1S/C21H33N5.HI/c1-7-19-18(20(8-2)26(6)25-19)14-24-21(22-5)23-13-16(4)17-11-9-10-15(3)12-17;/h9-12,16H,7-8,13-14H2,1-6H3,(H2,22,23,24);1H. The Morgan fingerprint density at radius 1 is 1.22 bits per heavy atom. The second-order valence-electron chi connectivity index (χ2n) is 6.82. The Labute approximate surface area is 181 Å². The van der Waals surface area contributed by atoms with Crippen LogP contribution < -0.4 is 10.6 Å². The number of nitrogens with one attached hydrogen (secondary N) is 2. The lowest BCUT2D eigenvalue weighted by atomic mass is 9.99. The van der Waals surface area contributed by atoms with Gasteiger partial charge in [0.25, 0.3) is 0 Å². The van der Waals surface area contributed by atoms with Crippen molar-refractivity contribution in [2.75, 3.05) is 13.6 Å². The van der Waals surface area contributed by atoms with Crippen molar-refractivity contribution < 1.29 is 0 Å². The average Bonchev–Trinajstić information content (AvgIpc) is 2.96. The van der Waals surface area contributed by atoms with Gasteiger partial charge in [-0.1, -0.05) is 50.6 Å². The minimum atomic E-state index is 0. The molecule has 2 aromatic rings. The normalized spacial score (nSPS) is 12.4. The third-order valence-electron chi connectivity index (χ3n) is 4.87. The van der Waals surface area contributed by atoms with Crippen LogP contribution in [0.4, 0.5) is 0 Å². The zero-order valence-electron chi connectivity index (χ0n) is 17.5. The van der Waals surface area contributed by atoms with Crippen molar-refractivity contribution in [3.05, 3.63) is 52.3 Å². The van der Waals surface area contributed by atoms with Crippen LogP contribution in [0.3, 0.4) is 0 Å². The molecule has 0 aliphatic carbocycles. The van der Waals surface area contributed by atoms with Crippen molar-refractivity contribution in [3.63, 3.8) is 0 Å². The molecule has 0 fully saturated rings. The highest BCUT2D eigenvalue weighted by atomic mass is 127. The monoisotopic (exact) mass is 483 g/mol. The van der Waals surface area contributed by atoms with Crippen molar-refractivity contribution in [1.29, 1.82) is 0 Å². The number of aryl methyl sites for hydroxylation is 3. The second-order valence-corrected chi connectivity index (χ2v) is 6.82. The van der Waals surface area contributed by atoms with Gasteiger partial charge in [-0.25, -0.2) is 0 Å². The summed E-state index contributed by atoms with van der Waals surface area (Å²) in [5.74, 6) is 1.25. The number of nitrogens with zero attached hydrogens (tertiary/aromatic N) is 3. The number of benzene rings is 1. The molecule has 1 unspecified atom stereocenters. The predicted octanol–water partition coefficient (Wildman–Crippen LogP) is 3.94. The Bertz CT molecular complexity index is 751. The molecule has 0 bridgehead atoms. The summed E-state index contributed by atoms with van der Waals surface area (Å²) < 4.78 is 2.01. The van der Waals surface area contributed by atoms with Crippen molar-refractivity contribution in [3.8, 4) is 0 Å². The molecule has 150 valence electrons. The number of hydrogen-bond donors (Lipinski definition) is 2. The average molecular weight is 483 g/mol. The van der Waals surface area contributed by atoms with Crippen molar-refractivity contribution >= 4 is 29.9 Å². The lowest BCUT2D eigenvalue weighted by Gasteiger charge is -2.17. The summed E-state index contributed by atoms with van der Waals surface area (Å²) in [6, 6.07) is 8.69. The summed E-state index contributed by atoms with van der Waals surface area (Å²) in [6.45, 7) is 10.3. The first kappa shape index (κ1) is 23.5. The molecule has 1 heterocycles. The highest BCUT2D eigenvalue weighted by Crippen LogP contribution is 2.16. The summed E-state index contributed by atoms with van der Waals surface area (Å²) in [4.78, 5) is 4.37. The molecule has 0 aliphatic heterocycles. The number of aromatic nitrogens is 2. The van der Waals surface area contributed by atoms with E-state index >= 15 is 0 Å². The topological polar surface area (TPSA) is 54.2 Å². The van der Waals surface area contributed by atoms with Gasteiger partial charge in [0.1, 0.15) is 0 Å². The van der Waals surface area contributed by atoms with Crippen molar-refractivity contribution in [2.45, 2.75) is 53.0 Å². The van der Waals surface area contributed by atoms with Crippen molar-refractivity contribution in [1.82, 2.24) is 20.4 Å². The van der Waals surface area contributed by atoms with Crippen LogP contribution in [0.5, 0.6) is 0 Å². The summed E-state index contributed by atoms with van der Waals surface area (Å²) >= 11 is 0. The van der Waals surface area contributed by atoms with Crippen LogP contribution in [0, 0.1) is 6.92 Å². The minimum Gasteiger partial charge on any atom is -0.356 e. The summed E-state index contributed by atoms with van der Waals surface area (Å²) in [6.07, 6.45) is 1.93. The van der Waals surface area contributed by atoms with E-state index in [0.717, 1.165) is 31.9 Å². The van der Waals surface area contributed by atoms with E-state index in [4.69, 9.17) is 0 Å². The summed E-state index contributed by atoms with van der Waals surface area (Å²) in [5, 5.41) is 11.5. The van der Waals surface area contributed by atoms with Crippen molar-refractivity contribution in [2.24, 2.45) is 12.0 Å². The number of hydrogen-bond acceptors (Lipinski definition) is 2. The van der Waals surface area contributed by atoms with Gasteiger partial charge in [-0.3, -0.25) is 9.67 Å². The smallest absolute Gasteiger partial charge is 0.191 e. The fourth-order valence-electron chi connectivity index (χ4n) is 3.33. The van der Waals surface area contributed by atoms with Crippen LogP contribution in [0.2, 0.25) is 0 Å². The Balaban J connectivity index is 0.00000364. The van der Waals surface area contributed by atoms with Crippen LogP contribution in [-0.4, -0.2) is 29.3 Å². The van der Waals surface area contributed by atoms with Gasteiger partial charge in [-0.15, -0.1) is 24.0 Å². The maximum absolute atomic E-state index is 4.64. The maximum atomic E-state index is 4.64. The zero-order valence-corrected chi connectivity index (χ0v) is 19.8. The first-order valence-electron chi connectivity index (χ1n) is 9.54. The van der Waals surface area contributed by atoms with E-state index in [1.807, 2.05) is 18.8 Å². The van der Waals surface area contributed by atoms with Gasteiger partial charge in [0.15, 0.2) is 5.96 Å². The molecule has 0 aliphatic rings. The molecule has 1 aromatic heterocycles. The van der Waals surface area contributed by atoms with Gasteiger partial charge in [0.05, 0.1) is 5.69 Å². The zero-order chi connectivity index (χ0) is 19.1. The molecule has 6 heteroatoms. The highest BCUT2D eigenvalue weighted by Gasteiger charge is 2.14. The number of aliphatic imine (C=N–C) groups is 1. The summed E-state index contributed by atoms with van der Waals surface area (Å²) in [7, 11) is 3.84. The molecule has 0 spiro atoms. The van der Waals surface area contributed by atoms with Gasteiger partial charge in [-0.05, 0) is 31.2 Å². The first-order chi connectivity index (χ1) is 12.5. The molecular formula is C21H34IN5. The molecule has 2 rings (SSSR count). The second kappa shape index (κ2) is 11.3. The Morgan fingerprint density at radius 2 is 1.96 bits per heavy atom. The van der Waals surface area contributed by atoms with E-state index in [1.165, 1.54) is 28.1 Å². The Hall–Kier alpha value is -1.57. The molecule has 5 nitrogen and oxygen atoms in total. The fourth-order valence-corrected chi connectivity index (χ4v) is 3.33. The van der Waals surface area contributed by atoms with Crippen LogP contribution in [0.1, 0.15) is 54.8 Å². The third-order valence-corrected chi connectivity index (χ3v) is 4.87. The van der Waals surface area contributed by atoms with E-state index in [1.54, 1.807) is 0 Å². The number of halogens is 1. The largest absolute Gasteiger partial charge is 0.356 e. The highest BCUT2D eigenvalue weighted by molar-refractivity contribution is 14.0. The molecule has 0 saturated carbocycles. The van der Waals surface area contributed by atoms with Gasteiger partial charge in [0, 0.05) is 38.4 Å². The lowest BCUT2D eigenvalue weighted by molar-refractivity contribution is 0.693. The number of rotatable bonds is 7. The maximum Gasteiger partial charge on any atom is 0.191 e. The SMILES string of the molecule is CCc1nn(C)c(CC)c1CNC(=NC)NCC(C)c1cccc(C)c1.I. The molecule has 1 atom stereocenters. The molecule has 2 N–H and O–H groups in total. The first-order valence-corrected chi connectivity index (χ1v) is 9.54. The van der Waals surface area contributed by atoms with Gasteiger partial charge in [-0.2, -0.15) is 5.10 Å². The lowest BCUT2D eigenvalue weighted by Crippen LogP contribution is -2.38. The van der Waals surface area contributed by atoms with Crippen LogP contribution in [0.25, 0.3) is 0 Å². The van der Waals surface area contributed by atoms with E-state index in [-0.39, 0.29) is 24.0 Å². The van der Waals surface area contributed by atoms with E-state index in [2.05, 4.69) is 72.7 Å². The van der Waals surface area contributed by atoms with Crippen LogP contribution in [0.15, 0.2) is 29.3 Å². The van der Waals surface area contributed by atoms with E-state index in [0.29, 0.717) is 5.92 Å². The summed E-state index contributed by atoms with van der Waals surface area (Å²) in [5.41, 5.74) is 6.40. The quantitative estimate of drug-likeness (QED) is 0.357. The molecular weight excluding hydrogens is 449 g/mol. The molecule has 1 aromatic carbocycles. The van der Waals surface area contributed by atoms with E-state index < -0.39 is 0 Å². The Kier molecular flexibility index (Phi) is 9.83. The number of guanidine groups is 1. The predicted molar refractivity (Wildman–Crippen MR) is 125 cm³/mol. The fraction of sp³-hybridized carbons (Fsp3) is 0.524. The van der Waals surface area contributed by atoms with Gasteiger partial charge >= 0.3 is 0 Å². The van der Waals surface area contributed by atoms with Crippen LogP contribution in [-0.2, 0) is 26.4 Å². The minimum absolute atomic E-state index is 0. The van der Waals surface area contributed by atoms with Crippen LogP contribution >= 0.6 is 24.0 Å². The van der Waals surface area contributed by atoms with Gasteiger partial charge in [0.2, 0.25) is 0 Å². The molecule has 27 heavy (non-hydrogen) atoms.